The van der Waals surface area contributed by atoms with Crippen molar-refractivity contribution in [3.05, 3.63) is 11.1 Å². The molecule has 0 unspecified atom stereocenters. The van der Waals surface area contributed by atoms with Crippen LogP contribution in [0.25, 0.3) is 0 Å². The number of hydrogen-bond donors (Lipinski definition) is 1. The minimum atomic E-state index is 0.0725. The lowest BCUT2D eigenvalue weighted by Gasteiger charge is -2.27. The Labute approximate surface area is 123 Å². The molecule has 0 saturated heterocycles. The summed E-state index contributed by atoms with van der Waals surface area (Å²) in [6.07, 6.45) is 6.97. The maximum atomic E-state index is 11.7. The fourth-order valence-corrected chi connectivity index (χ4v) is 2.76. The molecule has 0 aromatic rings. The summed E-state index contributed by atoms with van der Waals surface area (Å²) in [5.41, 5.74) is 2.67. The molecular weight excluding hydrogens is 248 g/mol. The molecule has 1 N–H and O–H groups in total. The fourth-order valence-electron chi connectivity index (χ4n) is 2.76. The van der Waals surface area contributed by atoms with Gasteiger partial charge in [-0.25, -0.2) is 0 Å². The van der Waals surface area contributed by atoms with E-state index in [0.29, 0.717) is 25.0 Å². The minimum absolute atomic E-state index is 0.0725. The molecule has 0 spiro atoms. The molecule has 20 heavy (non-hydrogen) atoms. The molecule has 0 atom stereocenters. The van der Waals surface area contributed by atoms with Crippen LogP contribution in [-0.2, 0) is 4.79 Å². The second-order valence-electron chi connectivity index (χ2n) is 6.26. The number of carbonyl (C=O) groups is 1. The smallest absolute Gasteiger partial charge is 0.133 e. The quantitative estimate of drug-likeness (QED) is 0.622. The van der Waals surface area contributed by atoms with Crippen molar-refractivity contribution in [2.24, 2.45) is 5.41 Å². The molecule has 1 rings (SSSR count). The fraction of sp³-hybridized carbons (Fsp3) is 0.722. The largest absolute Gasteiger partial charge is 0.395 e. The molecule has 112 valence electrons. The van der Waals surface area contributed by atoms with Gasteiger partial charge in [0.05, 0.1) is 6.61 Å². The Bertz CT molecular complexity index is 418. The summed E-state index contributed by atoms with van der Waals surface area (Å²) >= 11 is 0. The van der Waals surface area contributed by atoms with E-state index in [4.69, 9.17) is 5.11 Å². The van der Waals surface area contributed by atoms with Gasteiger partial charge in [0.15, 0.2) is 0 Å². The summed E-state index contributed by atoms with van der Waals surface area (Å²) in [5, 5.41) is 8.88. The Morgan fingerprint density at radius 2 is 2.05 bits per heavy atom. The highest BCUT2D eigenvalue weighted by Crippen LogP contribution is 2.40. The summed E-state index contributed by atoms with van der Waals surface area (Å²) in [4.78, 5) is 11.7. The van der Waals surface area contributed by atoms with Crippen molar-refractivity contribution in [1.29, 1.82) is 0 Å². The van der Waals surface area contributed by atoms with Gasteiger partial charge in [0.25, 0.3) is 0 Å². The first kappa shape index (κ1) is 17.0. The highest BCUT2D eigenvalue weighted by molar-refractivity contribution is 5.79. The topological polar surface area (TPSA) is 37.3 Å². The number of ketones is 1. The van der Waals surface area contributed by atoms with Crippen molar-refractivity contribution in [3.8, 4) is 11.8 Å². The third-order valence-electron chi connectivity index (χ3n) is 4.12. The van der Waals surface area contributed by atoms with Crippen molar-refractivity contribution >= 4 is 5.78 Å². The summed E-state index contributed by atoms with van der Waals surface area (Å²) in [7, 11) is 0. The van der Waals surface area contributed by atoms with E-state index >= 15 is 0 Å². The van der Waals surface area contributed by atoms with Crippen molar-refractivity contribution in [2.45, 2.75) is 72.1 Å². The number of rotatable bonds is 4. The Kier molecular flexibility index (Phi) is 7.02. The first-order valence-corrected chi connectivity index (χ1v) is 7.85. The molecule has 1 fully saturated rings. The number of hydrogen-bond acceptors (Lipinski definition) is 2. The molecule has 0 radical (unpaired) electrons. The van der Waals surface area contributed by atoms with Gasteiger partial charge in [0, 0.05) is 24.8 Å². The van der Waals surface area contributed by atoms with Gasteiger partial charge >= 0.3 is 0 Å². The van der Waals surface area contributed by atoms with Gasteiger partial charge in [-0.2, -0.15) is 0 Å². The number of allylic oxidation sites excluding steroid dienone is 2. The molecule has 0 aliphatic heterocycles. The van der Waals surface area contributed by atoms with E-state index in [1.54, 1.807) is 0 Å². The first-order valence-electron chi connectivity index (χ1n) is 7.85. The lowest BCUT2D eigenvalue weighted by Crippen LogP contribution is -2.15. The second-order valence-corrected chi connectivity index (χ2v) is 6.26. The van der Waals surface area contributed by atoms with Crippen molar-refractivity contribution < 1.29 is 9.90 Å². The average Bonchev–Trinajstić information content (AvgIpc) is 2.54. The minimum Gasteiger partial charge on any atom is -0.395 e. The van der Waals surface area contributed by atoms with Crippen LogP contribution < -0.4 is 0 Å². The maximum Gasteiger partial charge on any atom is 0.133 e. The molecule has 2 nitrogen and oxygen atoms in total. The molecule has 0 aromatic heterocycles. The molecular formula is C18H28O2. The number of aliphatic hydroxyl groups excluding tert-OH is 1. The van der Waals surface area contributed by atoms with Crippen molar-refractivity contribution in [1.82, 2.24) is 0 Å². The zero-order valence-electron chi connectivity index (χ0n) is 13.2. The highest BCUT2D eigenvalue weighted by Gasteiger charge is 2.29. The number of carbonyl (C=O) groups excluding carboxylic acids is 1. The summed E-state index contributed by atoms with van der Waals surface area (Å²) < 4.78 is 0. The Hall–Kier alpha value is -1.07. The second kappa shape index (κ2) is 8.27. The van der Waals surface area contributed by atoms with Gasteiger partial charge in [0.2, 0.25) is 0 Å². The number of Topliss-reactive ketones (excluding diaryl/α,β-unsaturated/α-hetero) is 1. The average molecular weight is 276 g/mol. The molecule has 0 heterocycles. The zero-order chi connectivity index (χ0) is 15.0. The predicted octanol–water partition coefficient (Wildman–Crippen LogP) is 4.03. The zero-order valence-corrected chi connectivity index (χ0v) is 13.2. The van der Waals surface area contributed by atoms with E-state index in [1.807, 2.05) is 0 Å². The van der Waals surface area contributed by atoms with Crippen LogP contribution in [0, 0.1) is 17.3 Å². The standard InChI is InChI=1S/C18H28O2/c1-4-5-8-15(9-6-7-14-19)17-11-10-16(20)12-13-18(17,2)3/h19H,4-5,7-8,10-14H2,1-3H3/b17-15-. The molecule has 2 heteroatoms. The van der Waals surface area contributed by atoms with E-state index < -0.39 is 0 Å². The summed E-state index contributed by atoms with van der Waals surface area (Å²) in [5.74, 6) is 6.73. The van der Waals surface area contributed by atoms with E-state index in [0.717, 1.165) is 32.1 Å². The molecule has 0 amide bonds. The van der Waals surface area contributed by atoms with E-state index in [9.17, 15) is 4.79 Å². The first-order chi connectivity index (χ1) is 9.51. The molecule has 0 aromatic carbocycles. The van der Waals surface area contributed by atoms with Gasteiger partial charge in [-0.3, -0.25) is 4.79 Å². The van der Waals surface area contributed by atoms with Crippen LogP contribution in [0.3, 0.4) is 0 Å². The van der Waals surface area contributed by atoms with Gasteiger partial charge in [-0.1, -0.05) is 44.6 Å². The third-order valence-corrected chi connectivity index (χ3v) is 4.12. The molecule has 1 aliphatic carbocycles. The normalized spacial score (nSPS) is 20.9. The van der Waals surface area contributed by atoms with Crippen molar-refractivity contribution in [2.75, 3.05) is 6.61 Å². The maximum absolute atomic E-state index is 11.7. The summed E-state index contributed by atoms with van der Waals surface area (Å²) in [6, 6.07) is 0. The monoisotopic (exact) mass is 276 g/mol. The lowest BCUT2D eigenvalue weighted by molar-refractivity contribution is -0.119. The van der Waals surface area contributed by atoms with Crippen LogP contribution >= 0.6 is 0 Å². The van der Waals surface area contributed by atoms with Crippen LogP contribution in [0.1, 0.15) is 72.1 Å². The lowest BCUT2D eigenvalue weighted by atomic mass is 9.77. The van der Waals surface area contributed by atoms with E-state index in [2.05, 4.69) is 32.6 Å². The van der Waals surface area contributed by atoms with Gasteiger partial charge in [-0.05, 0) is 31.1 Å². The molecule has 0 bridgehead atoms. The Balaban J connectivity index is 3.08. The van der Waals surface area contributed by atoms with Gasteiger partial charge < -0.3 is 5.11 Å². The number of unbranched alkanes of at least 4 members (excludes halogenated alkanes) is 1. The van der Waals surface area contributed by atoms with Gasteiger partial charge in [-0.15, -0.1) is 0 Å². The van der Waals surface area contributed by atoms with Crippen LogP contribution in [-0.4, -0.2) is 17.5 Å². The van der Waals surface area contributed by atoms with Crippen LogP contribution in [0.4, 0.5) is 0 Å². The SMILES string of the molecule is CCCC/C(C#CCCO)=C1\CCC(=O)CCC1(C)C. The van der Waals surface area contributed by atoms with Crippen LogP contribution in [0.5, 0.6) is 0 Å². The van der Waals surface area contributed by atoms with E-state index in [1.165, 1.54) is 11.1 Å². The van der Waals surface area contributed by atoms with E-state index in [-0.39, 0.29) is 12.0 Å². The molecule has 1 saturated carbocycles. The third kappa shape index (κ3) is 5.13. The summed E-state index contributed by atoms with van der Waals surface area (Å²) in [6.45, 7) is 6.78. The van der Waals surface area contributed by atoms with Crippen LogP contribution in [0.15, 0.2) is 11.1 Å². The highest BCUT2D eigenvalue weighted by atomic mass is 16.2. The van der Waals surface area contributed by atoms with Gasteiger partial charge in [0.1, 0.15) is 5.78 Å². The van der Waals surface area contributed by atoms with Crippen LogP contribution in [0.2, 0.25) is 0 Å². The Morgan fingerprint density at radius 1 is 1.30 bits per heavy atom. The number of aliphatic hydroxyl groups is 1. The van der Waals surface area contributed by atoms with Crippen molar-refractivity contribution in [3.63, 3.8) is 0 Å². The molecule has 1 aliphatic rings. The Morgan fingerprint density at radius 3 is 2.70 bits per heavy atom. The predicted molar refractivity (Wildman–Crippen MR) is 83.3 cm³/mol.